The molecule has 0 aromatic carbocycles. The quantitative estimate of drug-likeness (QED) is 0.232. The summed E-state index contributed by atoms with van der Waals surface area (Å²) in [6.07, 6.45) is 12.1. The first-order valence-corrected chi connectivity index (χ1v) is 13.8. The van der Waals surface area contributed by atoms with E-state index < -0.39 is 6.09 Å². The van der Waals surface area contributed by atoms with Gasteiger partial charge in [-0.15, -0.1) is 0 Å². The third-order valence-electron chi connectivity index (χ3n) is 11.0. The normalized spacial score (nSPS) is 46.2. The third kappa shape index (κ3) is 4.13. The lowest BCUT2D eigenvalue weighted by Gasteiger charge is -2.58. The summed E-state index contributed by atoms with van der Waals surface area (Å²) in [6.45, 7) is 10.8. The second kappa shape index (κ2) is 9.24. The Morgan fingerprint density at radius 2 is 2.03 bits per heavy atom. The molecule has 4 aliphatic carbocycles. The first-order valence-electron chi connectivity index (χ1n) is 13.8. The standard InChI is InChI=1S/C28H45N3O3/c1-17-11-14-29-25(17)16-30-26(33)34-31-18(2)22-7-8-23-21-6-5-19-15-20(32)9-12-27(19,3)24(21)10-13-28(22,23)4/h5,17,20-25,29,32H,6-16H2,1-4H3,(H,30,33)/b31-18+/t17?,20-,21-,22+,23-,24-,25?,27-,28+/m0/s1. The number of oxime groups is 1. The van der Waals surface area contributed by atoms with E-state index in [4.69, 9.17) is 4.84 Å². The van der Waals surface area contributed by atoms with Crippen molar-refractivity contribution in [3.8, 4) is 0 Å². The number of carbonyl (C=O) groups excluding carboxylic acids is 1. The zero-order chi connectivity index (χ0) is 24.1. The SMILES string of the molecule is C/C(=N\OC(=O)NCC1NCCC1C)[C@H]1CC[C@H]2[C@@H]3CC=C4C[C@@H](O)CC[C@]4(C)[C@H]3CC[C@]12C. The molecule has 0 bridgehead atoms. The van der Waals surface area contributed by atoms with Crippen molar-refractivity contribution in [3.05, 3.63) is 11.6 Å². The molecule has 6 heteroatoms. The predicted octanol–water partition coefficient (Wildman–Crippen LogP) is 5.03. The molecule has 0 aromatic heterocycles. The van der Waals surface area contributed by atoms with Crippen LogP contribution in [0.15, 0.2) is 16.8 Å². The van der Waals surface area contributed by atoms with Gasteiger partial charge < -0.3 is 15.7 Å². The second-order valence-electron chi connectivity index (χ2n) is 12.6. The molecule has 1 heterocycles. The number of hydrogen-bond donors (Lipinski definition) is 3. The highest BCUT2D eigenvalue weighted by atomic mass is 16.7. The van der Waals surface area contributed by atoms with Gasteiger partial charge in [0.25, 0.3) is 0 Å². The second-order valence-corrected chi connectivity index (χ2v) is 12.6. The van der Waals surface area contributed by atoms with Gasteiger partial charge in [-0.1, -0.05) is 37.6 Å². The van der Waals surface area contributed by atoms with Crippen LogP contribution in [-0.4, -0.2) is 42.1 Å². The average molecular weight is 472 g/mol. The van der Waals surface area contributed by atoms with Crippen molar-refractivity contribution in [2.45, 2.75) is 97.6 Å². The minimum atomic E-state index is -0.444. The lowest BCUT2D eigenvalue weighted by atomic mass is 9.47. The van der Waals surface area contributed by atoms with E-state index in [0.29, 0.717) is 30.3 Å². The van der Waals surface area contributed by atoms with Crippen LogP contribution in [0.2, 0.25) is 0 Å². The van der Waals surface area contributed by atoms with E-state index in [1.54, 1.807) is 0 Å². The smallest absolute Gasteiger partial charge is 0.393 e. The van der Waals surface area contributed by atoms with Crippen LogP contribution in [0, 0.1) is 40.4 Å². The van der Waals surface area contributed by atoms with Gasteiger partial charge in [-0.3, -0.25) is 4.84 Å². The maximum atomic E-state index is 12.3. The largest absolute Gasteiger partial charge is 0.433 e. The molecule has 5 aliphatic rings. The van der Waals surface area contributed by atoms with Gasteiger partial charge in [-0.05, 0) is 106 Å². The van der Waals surface area contributed by atoms with Gasteiger partial charge in [-0.25, -0.2) is 4.79 Å². The molecule has 0 spiro atoms. The molecule has 1 amide bonds. The van der Waals surface area contributed by atoms with Crippen molar-refractivity contribution in [3.63, 3.8) is 0 Å². The highest BCUT2D eigenvalue weighted by Gasteiger charge is 2.59. The zero-order valence-corrected chi connectivity index (χ0v) is 21.6. The number of nitrogens with zero attached hydrogens (tertiary/aromatic N) is 1. The molecule has 1 aliphatic heterocycles. The number of aliphatic hydroxyl groups excluding tert-OH is 1. The van der Waals surface area contributed by atoms with Gasteiger partial charge >= 0.3 is 6.09 Å². The monoisotopic (exact) mass is 471 g/mol. The Morgan fingerprint density at radius 1 is 1.21 bits per heavy atom. The number of allylic oxidation sites excluding steroid dienone is 1. The van der Waals surface area contributed by atoms with Crippen LogP contribution in [0.3, 0.4) is 0 Å². The van der Waals surface area contributed by atoms with Crippen molar-refractivity contribution in [2.75, 3.05) is 13.1 Å². The predicted molar refractivity (Wildman–Crippen MR) is 134 cm³/mol. The summed E-state index contributed by atoms with van der Waals surface area (Å²) in [5, 5.41) is 20.9. The Balaban J connectivity index is 1.23. The van der Waals surface area contributed by atoms with Crippen LogP contribution in [0.1, 0.15) is 85.5 Å². The van der Waals surface area contributed by atoms with E-state index in [1.807, 2.05) is 0 Å². The molecule has 190 valence electrons. The van der Waals surface area contributed by atoms with Crippen LogP contribution in [0.5, 0.6) is 0 Å². The zero-order valence-electron chi connectivity index (χ0n) is 21.6. The topological polar surface area (TPSA) is 83.0 Å². The highest BCUT2D eigenvalue weighted by Crippen LogP contribution is 2.66. The number of fused-ring (bicyclic) bond motifs is 5. The van der Waals surface area contributed by atoms with Gasteiger partial charge in [0.15, 0.2) is 0 Å². The summed E-state index contributed by atoms with van der Waals surface area (Å²) < 4.78 is 0. The maximum absolute atomic E-state index is 12.3. The Morgan fingerprint density at radius 3 is 2.79 bits per heavy atom. The van der Waals surface area contributed by atoms with Crippen LogP contribution in [-0.2, 0) is 4.84 Å². The summed E-state index contributed by atoms with van der Waals surface area (Å²) >= 11 is 0. The lowest BCUT2D eigenvalue weighted by Crippen LogP contribution is -2.50. The van der Waals surface area contributed by atoms with Crippen LogP contribution in [0.25, 0.3) is 0 Å². The number of hydrogen-bond acceptors (Lipinski definition) is 5. The maximum Gasteiger partial charge on any atom is 0.433 e. The van der Waals surface area contributed by atoms with Crippen molar-refractivity contribution in [2.24, 2.45) is 45.6 Å². The Bertz CT molecular complexity index is 856. The van der Waals surface area contributed by atoms with E-state index in [9.17, 15) is 9.90 Å². The molecule has 34 heavy (non-hydrogen) atoms. The number of nitrogens with one attached hydrogen (secondary N) is 2. The number of amides is 1. The summed E-state index contributed by atoms with van der Waals surface area (Å²) in [5.41, 5.74) is 3.01. The summed E-state index contributed by atoms with van der Waals surface area (Å²) in [6, 6.07) is 0.321. The number of aliphatic hydroxyl groups is 1. The molecule has 2 unspecified atom stereocenters. The summed E-state index contributed by atoms with van der Waals surface area (Å²) in [7, 11) is 0. The van der Waals surface area contributed by atoms with Crippen LogP contribution >= 0.6 is 0 Å². The first kappa shape index (κ1) is 24.3. The first-order chi connectivity index (χ1) is 16.2. The fourth-order valence-corrected chi connectivity index (χ4v) is 8.90. The molecular weight excluding hydrogens is 426 g/mol. The van der Waals surface area contributed by atoms with Crippen molar-refractivity contribution in [1.29, 1.82) is 0 Å². The molecule has 6 nitrogen and oxygen atoms in total. The van der Waals surface area contributed by atoms with E-state index in [0.717, 1.165) is 62.6 Å². The van der Waals surface area contributed by atoms with Crippen LogP contribution < -0.4 is 10.6 Å². The highest BCUT2D eigenvalue weighted by molar-refractivity contribution is 5.85. The fraction of sp³-hybridized carbons (Fsp3) is 0.857. The molecule has 3 N–H and O–H groups in total. The Kier molecular flexibility index (Phi) is 6.60. The lowest BCUT2D eigenvalue weighted by molar-refractivity contribution is -0.0425. The van der Waals surface area contributed by atoms with Crippen LogP contribution in [0.4, 0.5) is 4.79 Å². The molecule has 3 saturated carbocycles. The van der Waals surface area contributed by atoms with Gasteiger partial charge in [0.2, 0.25) is 0 Å². The molecule has 9 atom stereocenters. The minimum Gasteiger partial charge on any atom is -0.393 e. The molecule has 0 radical (unpaired) electrons. The van der Waals surface area contributed by atoms with Crippen molar-refractivity contribution in [1.82, 2.24) is 10.6 Å². The van der Waals surface area contributed by atoms with Gasteiger partial charge in [-0.2, -0.15) is 0 Å². The Hall–Kier alpha value is -1.40. The number of carbonyl (C=O) groups is 1. The van der Waals surface area contributed by atoms with Gasteiger partial charge in [0, 0.05) is 18.5 Å². The van der Waals surface area contributed by atoms with Crippen molar-refractivity contribution < 1.29 is 14.7 Å². The third-order valence-corrected chi connectivity index (χ3v) is 11.0. The van der Waals surface area contributed by atoms with Gasteiger partial charge in [0.1, 0.15) is 0 Å². The van der Waals surface area contributed by atoms with Gasteiger partial charge in [0.05, 0.1) is 11.8 Å². The fourth-order valence-electron chi connectivity index (χ4n) is 8.90. The van der Waals surface area contributed by atoms with E-state index in [2.05, 4.69) is 49.6 Å². The molecule has 4 fully saturated rings. The summed E-state index contributed by atoms with van der Waals surface area (Å²) in [5.74, 6) is 3.12. The molecular formula is C28H45N3O3. The minimum absolute atomic E-state index is 0.144. The molecule has 5 rings (SSSR count). The van der Waals surface area contributed by atoms with E-state index in [-0.39, 0.29) is 16.9 Å². The van der Waals surface area contributed by atoms with E-state index >= 15 is 0 Å². The molecule has 1 saturated heterocycles. The van der Waals surface area contributed by atoms with E-state index in [1.165, 1.54) is 24.8 Å². The molecule has 0 aromatic rings. The van der Waals surface area contributed by atoms with Crippen molar-refractivity contribution >= 4 is 11.8 Å². The Labute approximate surface area is 205 Å². The average Bonchev–Trinajstić information content (AvgIpc) is 3.38. The summed E-state index contributed by atoms with van der Waals surface area (Å²) in [4.78, 5) is 17.6. The number of rotatable bonds is 4.